The van der Waals surface area contributed by atoms with Gasteiger partial charge in [-0.3, -0.25) is 14.4 Å². The molecule has 0 spiro atoms. The highest BCUT2D eigenvalue weighted by molar-refractivity contribution is 7.99. The molecule has 27 heavy (non-hydrogen) atoms. The highest BCUT2D eigenvalue weighted by Gasteiger charge is 2.34. The van der Waals surface area contributed by atoms with Crippen LogP contribution in [0.15, 0.2) is 54.6 Å². The Hall–Kier alpha value is -2.80. The molecule has 0 aromatic heterocycles. The first-order valence-electron chi connectivity index (χ1n) is 8.66. The summed E-state index contributed by atoms with van der Waals surface area (Å²) in [6.07, 6.45) is 0.583. The number of amides is 3. The highest BCUT2D eigenvalue weighted by atomic mass is 32.2. The van der Waals surface area contributed by atoms with Crippen LogP contribution in [0.5, 0.6) is 0 Å². The van der Waals surface area contributed by atoms with E-state index in [1.54, 1.807) is 47.0 Å². The first-order valence-corrected chi connectivity index (χ1v) is 9.82. The van der Waals surface area contributed by atoms with Crippen LogP contribution >= 0.6 is 11.8 Å². The minimum absolute atomic E-state index is 0.130. The molecule has 3 N–H and O–H groups in total. The van der Waals surface area contributed by atoms with E-state index in [1.165, 1.54) is 0 Å². The van der Waals surface area contributed by atoms with Crippen LogP contribution in [0, 0.1) is 0 Å². The molecular weight excluding hydrogens is 362 g/mol. The molecule has 1 aliphatic heterocycles. The Bertz CT molecular complexity index is 841. The number of nitrogens with zero attached hydrogens (tertiary/aromatic N) is 1. The molecule has 3 amide bonds. The Labute approximate surface area is 162 Å². The maximum absolute atomic E-state index is 12.6. The molecule has 2 aromatic carbocycles. The first kappa shape index (κ1) is 19.0. The molecule has 0 bridgehead atoms. The number of thioether (sulfide) groups is 1. The number of carbonyl (C=O) groups is 3. The number of nitrogens with two attached hydrogens (primary N) is 1. The summed E-state index contributed by atoms with van der Waals surface area (Å²) in [4.78, 5) is 38.1. The van der Waals surface area contributed by atoms with E-state index in [0.29, 0.717) is 35.7 Å². The third-order valence-corrected chi connectivity index (χ3v) is 5.40. The summed E-state index contributed by atoms with van der Waals surface area (Å²) in [5.41, 5.74) is 7.24. The van der Waals surface area contributed by atoms with Crippen molar-refractivity contribution in [3.8, 4) is 0 Å². The summed E-state index contributed by atoms with van der Waals surface area (Å²) < 4.78 is 0. The Kier molecular flexibility index (Phi) is 6.13. The van der Waals surface area contributed by atoms with Crippen molar-refractivity contribution in [2.24, 2.45) is 5.73 Å². The molecule has 0 unspecified atom stereocenters. The van der Waals surface area contributed by atoms with Crippen LogP contribution in [0.2, 0.25) is 0 Å². The number of benzene rings is 2. The fourth-order valence-corrected chi connectivity index (χ4v) is 4.09. The Morgan fingerprint density at radius 1 is 1.07 bits per heavy atom. The van der Waals surface area contributed by atoms with Crippen LogP contribution in [0.3, 0.4) is 0 Å². The fraction of sp³-hybridized carbons (Fsp3) is 0.250. The molecule has 0 aliphatic carbocycles. The molecule has 6 nitrogen and oxygen atoms in total. The molecule has 1 aliphatic rings. The van der Waals surface area contributed by atoms with Crippen molar-refractivity contribution in [3.05, 3.63) is 71.3 Å². The third kappa shape index (κ3) is 4.68. The van der Waals surface area contributed by atoms with Crippen molar-refractivity contribution in [1.82, 2.24) is 10.2 Å². The molecular formula is C20H21N3O3S. The summed E-state index contributed by atoms with van der Waals surface area (Å²) in [6.45, 7) is 0.426. The second kappa shape index (κ2) is 8.73. The lowest BCUT2D eigenvalue weighted by atomic mass is 10.1. The quantitative estimate of drug-likeness (QED) is 0.793. The molecule has 1 saturated heterocycles. The minimum Gasteiger partial charge on any atom is -0.366 e. The smallest absolute Gasteiger partial charge is 0.255 e. The van der Waals surface area contributed by atoms with Gasteiger partial charge in [0.1, 0.15) is 6.04 Å². The summed E-state index contributed by atoms with van der Waals surface area (Å²) in [7, 11) is 0. The van der Waals surface area contributed by atoms with Crippen molar-refractivity contribution >= 4 is 29.5 Å². The van der Waals surface area contributed by atoms with Gasteiger partial charge in [0.25, 0.3) is 5.91 Å². The lowest BCUT2D eigenvalue weighted by Gasteiger charge is -2.23. The topological polar surface area (TPSA) is 92.5 Å². The second-order valence-electron chi connectivity index (χ2n) is 6.26. The maximum Gasteiger partial charge on any atom is 0.255 e. The van der Waals surface area contributed by atoms with Gasteiger partial charge in [0.2, 0.25) is 11.8 Å². The van der Waals surface area contributed by atoms with Gasteiger partial charge in [-0.05, 0) is 36.2 Å². The summed E-state index contributed by atoms with van der Waals surface area (Å²) >= 11 is 1.57. The van der Waals surface area contributed by atoms with Crippen molar-refractivity contribution in [3.63, 3.8) is 0 Å². The van der Waals surface area contributed by atoms with Gasteiger partial charge in [-0.2, -0.15) is 0 Å². The van der Waals surface area contributed by atoms with E-state index in [0.717, 1.165) is 5.56 Å². The van der Waals surface area contributed by atoms with Crippen LogP contribution in [0.4, 0.5) is 0 Å². The van der Waals surface area contributed by atoms with E-state index in [4.69, 9.17) is 5.73 Å². The number of hydrogen-bond acceptors (Lipinski definition) is 4. The molecule has 2 aromatic rings. The van der Waals surface area contributed by atoms with Crippen LogP contribution in [0.1, 0.15) is 26.3 Å². The predicted molar refractivity (Wildman–Crippen MR) is 105 cm³/mol. The molecule has 3 rings (SSSR count). The first-order chi connectivity index (χ1) is 13.1. The minimum atomic E-state index is -0.473. The van der Waals surface area contributed by atoms with Gasteiger partial charge in [0, 0.05) is 23.4 Å². The predicted octanol–water partition coefficient (Wildman–Crippen LogP) is 1.66. The van der Waals surface area contributed by atoms with E-state index in [-0.39, 0.29) is 11.8 Å². The van der Waals surface area contributed by atoms with Gasteiger partial charge >= 0.3 is 0 Å². The van der Waals surface area contributed by atoms with Crippen LogP contribution in [-0.4, -0.2) is 46.8 Å². The van der Waals surface area contributed by atoms with Gasteiger partial charge in [0.15, 0.2) is 0 Å². The lowest BCUT2D eigenvalue weighted by molar-refractivity contribution is -0.124. The molecule has 1 heterocycles. The molecule has 1 atom stereocenters. The average molecular weight is 383 g/mol. The van der Waals surface area contributed by atoms with Crippen LogP contribution in [0.25, 0.3) is 0 Å². The Morgan fingerprint density at radius 3 is 2.56 bits per heavy atom. The van der Waals surface area contributed by atoms with Gasteiger partial charge < -0.3 is 16.0 Å². The van der Waals surface area contributed by atoms with Gasteiger partial charge in [-0.1, -0.05) is 30.3 Å². The summed E-state index contributed by atoms with van der Waals surface area (Å²) in [6, 6.07) is 15.6. The van der Waals surface area contributed by atoms with E-state index >= 15 is 0 Å². The average Bonchev–Trinajstić information content (AvgIpc) is 3.18. The molecule has 0 saturated carbocycles. The SMILES string of the molecule is NC(=O)c1cccc(CCNC(=O)[C@@H]2CSCN2C(=O)c2ccccc2)c1. The van der Waals surface area contributed by atoms with E-state index in [1.807, 2.05) is 24.3 Å². The normalized spacial score (nSPS) is 16.1. The van der Waals surface area contributed by atoms with Crippen LogP contribution < -0.4 is 11.1 Å². The lowest BCUT2D eigenvalue weighted by Crippen LogP contribution is -2.47. The molecule has 0 radical (unpaired) electrons. The van der Waals surface area contributed by atoms with E-state index in [2.05, 4.69) is 5.32 Å². The number of carbonyl (C=O) groups excluding carboxylic acids is 3. The maximum atomic E-state index is 12.6. The number of rotatable bonds is 6. The second-order valence-corrected chi connectivity index (χ2v) is 7.26. The Balaban J connectivity index is 1.56. The fourth-order valence-electron chi connectivity index (χ4n) is 2.93. The standard InChI is InChI=1S/C20H21N3O3S/c21-18(24)16-8-4-5-14(11-16)9-10-22-19(25)17-12-27-13-23(17)20(26)15-6-2-1-3-7-15/h1-8,11,17H,9-10,12-13H2,(H2,21,24)(H,22,25)/t17-/m0/s1. The Morgan fingerprint density at radius 2 is 1.81 bits per heavy atom. The summed E-state index contributed by atoms with van der Waals surface area (Å²) in [5, 5.41) is 2.90. The van der Waals surface area contributed by atoms with E-state index in [9.17, 15) is 14.4 Å². The zero-order valence-corrected chi connectivity index (χ0v) is 15.6. The van der Waals surface area contributed by atoms with Crippen molar-refractivity contribution < 1.29 is 14.4 Å². The third-order valence-electron chi connectivity index (χ3n) is 4.39. The van der Waals surface area contributed by atoms with Crippen LogP contribution in [-0.2, 0) is 11.2 Å². The molecule has 140 valence electrons. The zero-order valence-electron chi connectivity index (χ0n) is 14.8. The van der Waals surface area contributed by atoms with Gasteiger partial charge in [-0.15, -0.1) is 11.8 Å². The van der Waals surface area contributed by atoms with Crippen molar-refractivity contribution in [2.75, 3.05) is 18.2 Å². The summed E-state index contributed by atoms with van der Waals surface area (Å²) in [5.74, 6) is 0.331. The van der Waals surface area contributed by atoms with E-state index < -0.39 is 11.9 Å². The van der Waals surface area contributed by atoms with Gasteiger partial charge in [-0.25, -0.2) is 0 Å². The largest absolute Gasteiger partial charge is 0.366 e. The molecule has 1 fully saturated rings. The molecule has 7 heteroatoms. The van der Waals surface area contributed by atoms with Crippen molar-refractivity contribution in [2.45, 2.75) is 12.5 Å². The monoisotopic (exact) mass is 383 g/mol. The highest BCUT2D eigenvalue weighted by Crippen LogP contribution is 2.23. The number of hydrogen-bond donors (Lipinski definition) is 2. The van der Waals surface area contributed by atoms with Crippen molar-refractivity contribution in [1.29, 1.82) is 0 Å². The van der Waals surface area contributed by atoms with Gasteiger partial charge in [0.05, 0.1) is 5.88 Å². The zero-order chi connectivity index (χ0) is 19.2. The number of primary amides is 1. The number of nitrogens with one attached hydrogen (secondary N) is 1.